The molecular formula is C20H22ClN3O4S. The van der Waals surface area contributed by atoms with Crippen LogP contribution < -0.4 is 10.6 Å². The van der Waals surface area contributed by atoms with Crippen molar-refractivity contribution in [2.24, 2.45) is 5.92 Å². The van der Waals surface area contributed by atoms with Gasteiger partial charge >= 0.3 is 0 Å². The molecule has 2 amide bonds. The van der Waals surface area contributed by atoms with E-state index >= 15 is 0 Å². The van der Waals surface area contributed by atoms with Gasteiger partial charge < -0.3 is 10.6 Å². The fraction of sp³-hybridized carbons (Fsp3) is 0.300. The highest BCUT2D eigenvalue weighted by molar-refractivity contribution is 7.89. The number of nitrogens with zero attached hydrogens (tertiary/aromatic N) is 1. The Balaban J connectivity index is 1.56. The van der Waals surface area contributed by atoms with Crippen molar-refractivity contribution in [3.8, 4) is 0 Å². The van der Waals surface area contributed by atoms with Gasteiger partial charge in [-0.2, -0.15) is 4.31 Å². The molecule has 0 radical (unpaired) electrons. The zero-order valence-electron chi connectivity index (χ0n) is 15.7. The van der Waals surface area contributed by atoms with Crippen molar-refractivity contribution in [3.63, 3.8) is 0 Å². The first-order valence-corrected chi connectivity index (χ1v) is 11.1. The molecule has 29 heavy (non-hydrogen) atoms. The second kappa shape index (κ2) is 9.39. The lowest BCUT2D eigenvalue weighted by atomic mass is 9.99. The van der Waals surface area contributed by atoms with Gasteiger partial charge in [0, 0.05) is 23.8 Å². The molecule has 2 aromatic rings. The van der Waals surface area contributed by atoms with Crippen molar-refractivity contribution >= 4 is 39.1 Å². The lowest BCUT2D eigenvalue weighted by Crippen LogP contribution is -2.46. The van der Waals surface area contributed by atoms with Gasteiger partial charge in [-0.25, -0.2) is 8.42 Å². The summed E-state index contributed by atoms with van der Waals surface area (Å²) in [5.74, 6) is -1.18. The Bertz CT molecular complexity index is 965. The lowest BCUT2D eigenvalue weighted by molar-refractivity contribution is -0.128. The summed E-state index contributed by atoms with van der Waals surface area (Å²) in [5.41, 5.74) is 0.643. The number of carbonyl (C=O) groups excluding carboxylic acids is 2. The third kappa shape index (κ3) is 5.56. The molecular weight excluding hydrogens is 414 g/mol. The van der Waals surface area contributed by atoms with Crippen molar-refractivity contribution in [1.29, 1.82) is 0 Å². The molecule has 0 saturated carbocycles. The Morgan fingerprint density at radius 3 is 2.45 bits per heavy atom. The van der Waals surface area contributed by atoms with E-state index in [2.05, 4.69) is 10.6 Å². The summed E-state index contributed by atoms with van der Waals surface area (Å²) >= 11 is 5.83. The number of sulfonamides is 1. The fourth-order valence-electron chi connectivity index (χ4n) is 3.17. The van der Waals surface area contributed by atoms with Crippen LogP contribution in [-0.2, 0) is 19.6 Å². The maximum absolute atomic E-state index is 12.8. The molecule has 0 spiro atoms. The van der Waals surface area contributed by atoms with Crippen LogP contribution in [0.5, 0.6) is 0 Å². The quantitative estimate of drug-likeness (QED) is 0.728. The van der Waals surface area contributed by atoms with Crippen LogP contribution in [0.3, 0.4) is 0 Å². The molecule has 0 bridgehead atoms. The van der Waals surface area contributed by atoms with E-state index in [1.165, 1.54) is 28.6 Å². The topological polar surface area (TPSA) is 95.6 Å². The molecule has 154 valence electrons. The lowest BCUT2D eigenvalue weighted by Gasteiger charge is -2.31. The molecule has 1 fully saturated rings. The molecule has 7 nitrogen and oxygen atoms in total. The molecule has 1 aliphatic rings. The molecule has 0 aliphatic carbocycles. The second-order valence-electron chi connectivity index (χ2n) is 6.79. The van der Waals surface area contributed by atoms with Crippen molar-refractivity contribution in [2.75, 3.05) is 25.0 Å². The minimum Gasteiger partial charge on any atom is -0.347 e. The number of benzene rings is 2. The van der Waals surface area contributed by atoms with Crippen molar-refractivity contribution in [3.05, 3.63) is 59.6 Å². The zero-order valence-corrected chi connectivity index (χ0v) is 17.2. The molecule has 1 aliphatic heterocycles. The average Bonchev–Trinajstić information content (AvgIpc) is 2.73. The van der Waals surface area contributed by atoms with E-state index < -0.39 is 15.9 Å². The normalized spacial score (nSPS) is 17.5. The van der Waals surface area contributed by atoms with Gasteiger partial charge in [-0.1, -0.05) is 29.8 Å². The fourth-order valence-corrected chi connectivity index (χ4v) is 4.82. The van der Waals surface area contributed by atoms with Gasteiger partial charge in [-0.05, 0) is 49.2 Å². The number of hydrogen-bond donors (Lipinski definition) is 2. The van der Waals surface area contributed by atoms with Gasteiger partial charge in [0.05, 0.1) is 17.4 Å². The summed E-state index contributed by atoms with van der Waals surface area (Å²) in [5, 5.41) is 5.74. The van der Waals surface area contributed by atoms with Crippen molar-refractivity contribution < 1.29 is 18.0 Å². The SMILES string of the molecule is O=C(CNC(=O)C1CCCN(S(=O)(=O)c2ccc(Cl)cc2)C1)Nc1ccccc1. The standard InChI is InChI=1S/C20H22ClN3O4S/c21-16-8-10-18(11-9-16)29(27,28)24-12-4-5-15(14-24)20(26)22-13-19(25)23-17-6-2-1-3-7-17/h1-3,6-11,15H,4-5,12-14H2,(H,22,26)(H,23,25). The summed E-state index contributed by atoms with van der Waals surface area (Å²) in [4.78, 5) is 24.6. The smallest absolute Gasteiger partial charge is 0.243 e. The van der Waals surface area contributed by atoms with Gasteiger partial charge in [0.1, 0.15) is 0 Å². The van der Waals surface area contributed by atoms with Crippen LogP contribution in [-0.4, -0.2) is 44.2 Å². The number of para-hydroxylation sites is 1. The van der Waals surface area contributed by atoms with Gasteiger partial charge in [-0.15, -0.1) is 0 Å². The van der Waals surface area contributed by atoms with E-state index in [9.17, 15) is 18.0 Å². The van der Waals surface area contributed by atoms with Gasteiger partial charge in [0.2, 0.25) is 21.8 Å². The van der Waals surface area contributed by atoms with Crippen LogP contribution in [0.2, 0.25) is 5.02 Å². The summed E-state index contributed by atoms with van der Waals surface area (Å²) in [7, 11) is -3.70. The van der Waals surface area contributed by atoms with Crippen LogP contribution in [0.4, 0.5) is 5.69 Å². The van der Waals surface area contributed by atoms with Crippen LogP contribution in [0.1, 0.15) is 12.8 Å². The molecule has 1 heterocycles. The highest BCUT2D eigenvalue weighted by Gasteiger charge is 2.33. The van der Waals surface area contributed by atoms with Crippen LogP contribution in [0.15, 0.2) is 59.5 Å². The molecule has 2 N–H and O–H groups in total. The Morgan fingerprint density at radius 2 is 1.76 bits per heavy atom. The Labute approximate surface area is 175 Å². The molecule has 0 aromatic heterocycles. The molecule has 2 aromatic carbocycles. The maximum atomic E-state index is 12.8. The Hall–Kier alpha value is -2.42. The van der Waals surface area contributed by atoms with Gasteiger partial charge in [0.15, 0.2) is 0 Å². The van der Waals surface area contributed by atoms with E-state index in [4.69, 9.17) is 11.6 Å². The van der Waals surface area contributed by atoms with E-state index in [1.54, 1.807) is 24.3 Å². The number of carbonyl (C=O) groups is 2. The number of halogens is 1. The number of nitrogens with one attached hydrogen (secondary N) is 2. The minimum atomic E-state index is -3.70. The molecule has 1 saturated heterocycles. The summed E-state index contributed by atoms with van der Waals surface area (Å²) in [6, 6.07) is 14.9. The van der Waals surface area contributed by atoms with Crippen LogP contribution >= 0.6 is 11.6 Å². The van der Waals surface area contributed by atoms with E-state index in [0.717, 1.165) is 0 Å². The average molecular weight is 436 g/mol. The summed E-state index contributed by atoms with van der Waals surface area (Å²) < 4.78 is 27.0. The largest absolute Gasteiger partial charge is 0.347 e. The van der Waals surface area contributed by atoms with Gasteiger partial charge in [0.25, 0.3) is 0 Å². The third-order valence-electron chi connectivity index (χ3n) is 4.69. The second-order valence-corrected chi connectivity index (χ2v) is 9.16. The maximum Gasteiger partial charge on any atom is 0.243 e. The predicted octanol–water partition coefficient (Wildman–Crippen LogP) is 2.50. The van der Waals surface area contributed by atoms with E-state index in [0.29, 0.717) is 30.1 Å². The number of hydrogen-bond acceptors (Lipinski definition) is 4. The van der Waals surface area contributed by atoms with Gasteiger partial charge in [-0.3, -0.25) is 9.59 Å². The zero-order chi connectivity index (χ0) is 20.9. The molecule has 1 atom stereocenters. The summed E-state index contributed by atoms with van der Waals surface area (Å²) in [6.07, 6.45) is 1.14. The molecule has 3 rings (SSSR count). The minimum absolute atomic E-state index is 0.0805. The van der Waals surface area contributed by atoms with Crippen LogP contribution in [0, 0.1) is 5.92 Å². The molecule has 9 heteroatoms. The van der Waals surface area contributed by atoms with E-state index in [1.807, 2.05) is 6.07 Å². The van der Waals surface area contributed by atoms with Crippen LogP contribution in [0.25, 0.3) is 0 Å². The predicted molar refractivity (Wildman–Crippen MR) is 111 cm³/mol. The Kier molecular flexibility index (Phi) is 6.89. The third-order valence-corrected chi connectivity index (χ3v) is 6.82. The Morgan fingerprint density at radius 1 is 1.07 bits per heavy atom. The number of rotatable bonds is 6. The summed E-state index contributed by atoms with van der Waals surface area (Å²) in [6.45, 7) is 0.258. The number of piperidine rings is 1. The van der Waals surface area contributed by atoms with Crippen molar-refractivity contribution in [2.45, 2.75) is 17.7 Å². The monoisotopic (exact) mass is 435 g/mol. The first-order valence-electron chi connectivity index (χ1n) is 9.24. The number of amides is 2. The molecule has 1 unspecified atom stereocenters. The first-order chi connectivity index (χ1) is 13.9. The number of anilines is 1. The highest BCUT2D eigenvalue weighted by Crippen LogP contribution is 2.24. The van der Waals surface area contributed by atoms with Crippen molar-refractivity contribution in [1.82, 2.24) is 9.62 Å². The van der Waals surface area contributed by atoms with E-state index in [-0.39, 0.29) is 29.8 Å². The first kappa shape index (κ1) is 21.3. The highest BCUT2D eigenvalue weighted by atomic mass is 35.5.